The van der Waals surface area contributed by atoms with Crippen molar-refractivity contribution in [3.63, 3.8) is 0 Å². The standard InChI is InChI=1S/C23H26F3N5O2S/c24-23(25,26)16-10-11-19(29-15-16)27-12-6-13-28-20(32)9-2-1-5-14-31-21(33)17-7-3-4-8-18(17)30-22(31)34/h3-4,7-8,10-11,15H,1-2,5-6,9,12-14H2,(H,27,29)(H,28,32)(H,30,34). The smallest absolute Gasteiger partial charge is 0.370 e. The summed E-state index contributed by atoms with van der Waals surface area (Å²) in [6, 6.07) is 9.48. The first-order valence-electron chi connectivity index (χ1n) is 11.0. The lowest BCUT2D eigenvalue weighted by atomic mass is 10.2. The lowest BCUT2D eigenvalue weighted by Gasteiger charge is -2.09. The zero-order chi connectivity index (χ0) is 24.6. The molecule has 0 unspecified atom stereocenters. The first-order chi connectivity index (χ1) is 16.3. The summed E-state index contributed by atoms with van der Waals surface area (Å²) >= 11 is 5.30. The number of alkyl halides is 3. The van der Waals surface area contributed by atoms with E-state index in [0.29, 0.717) is 54.9 Å². The Kier molecular flexibility index (Phi) is 8.80. The van der Waals surface area contributed by atoms with E-state index in [1.165, 1.54) is 6.07 Å². The van der Waals surface area contributed by atoms with Gasteiger partial charge in [-0.25, -0.2) is 4.98 Å². The average molecular weight is 494 g/mol. The van der Waals surface area contributed by atoms with Crippen molar-refractivity contribution >= 4 is 34.8 Å². The predicted molar refractivity (Wildman–Crippen MR) is 127 cm³/mol. The van der Waals surface area contributed by atoms with E-state index < -0.39 is 11.7 Å². The van der Waals surface area contributed by atoms with Crippen LogP contribution in [0.3, 0.4) is 0 Å². The molecule has 0 aliphatic rings. The van der Waals surface area contributed by atoms with Crippen LogP contribution in [0.4, 0.5) is 19.0 Å². The monoisotopic (exact) mass is 493 g/mol. The van der Waals surface area contributed by atoms with Gasteiger partial charge in [-0.1, -0.05) is 18.6 Å². The lowest BCUT2D eigenvalue weighted by Crippen LogP contribution is -2.25. The van der Waals surface area contributed by atoms with Crippen LogP contribution in [0, 0.1) is 4.77 Å². The molecule has 3 rings (SSSR count). The maximum atomic E-state index is 12.6. The minimum atomic E-state index is -4.41. The Labute approximate surface area is 199 Å². The second-order valence-electron chi connectivity index (χ2n) is 7.80. The van der Waals surface area contributed by atoms with Crippen LogP contribution in [0.5, 0.6) is 0 Å². The van der Waals surface area contributed by atoms with E-state index in [-0.39, 0.29) is 11.5 Å². The molecule has 0 bridgehead atoms. The minimum absolute atomic E-state index is 0.0622. The molecule has 182 valence electrons. The van der Waals surface area contributed by atoms with Gasteiger partial charge in [-0.2, -0.15) is 13.2 Å². The molecular weight excluding hydrogens is 467 g/mol. The number of pyridine rings is 1. The lowest BCUT2D eigenvalue weighted by molar-refractivity contribution is -0.137. The number of nitrogens with one attached hydrogen (secondary N) is 3. The van der Waals surface area contributed by atoms with E-state index in [2.05, 4.69) is 20.6 Å². The molecule has 2 aromatic heterocycles. The number of anilines is 1. The highest BCUT2D eigenvalue weighted by Crippen LogP contribution is 2.28. The van der Waals surface area contributed by atoms with Crippen molar-refractivity contribution < 1.29 is 18.0 Å². The van der Waals surface area contributed by atoms with Crippen LogP contribution in [0.2, 0.25) is 0 Å². The highest BCUT2D eigenvalue weighted by atomic mass is 32.1. The third kappa shape index (κ3) is 7.14. The molecule has 2 heterocycles. The molecule has 3 aromatic rings. The zero-order valence-corrected chi connectivity index (χ0v) is 19.3. The van der Waals surface area contributed by atoms with Gasteiger partial charge in [0, 0.05) is 32.3 Å². The van der Waals surface area contributed by atoms with E-state index >= 15 is 0 Å². The number of unbranched alkanes of at least 4 members (excludes halogenated alkanes) is 2. The van der Waals surface area contributed by atoms with Crippen LogP contribution in [0.1, 0.15) is 37.7 Å². The highest BCUT2D eigenvalue weighted by Gasteiger charge is 2.30. The van der Waals surface area contributed by atoms with Crippen LogP contribution in [0.15, 0.2) is 47.4 Å². The predicted octanol–water partition coefficient (Wildman–Crippen LogP) is 4.65. The van der Waals surface area contributed by atoms with Crippen molar-refractivity contribution in [2.24, 2.45) is 0 Å². The molecule has 0 fully saturated rings. The van der Waals surface area contributed by atoms with Gasteiger partial charge >= 0.3 is 6.18 Å². The number of carbonyl (C=O) groups is 1. The number of aromatic amines is 1. The van der Waals surface area contributed by atoms with Crippen molar-refractivity contribution in [2.75, 3.05) is 18.4 Å². The fourth-order valence-electron chi connectivity index (χ4n) is 3.42. The normalized spacial score (nSPS) is 11.5. The summed E-state index contributed by atoms with van der Waals surface area (Å²) in [7, 11) is 0. The molecule has 0 saturated heterocycles. The van der Waals surface area contributed by atoms with Crippen LogP contribution in [-0.2, 0) is 17.5 Å². The Morgan fingerprint density at radius 3 is 2.59 bits per heavy atom. The highest BCUT2D eigenvalue weighted by molar-refractivity contribution is 7.71. The number of para-hydroxylation sites is 1. The van der Waals surface area contributed by atoms with Crippen LogP contribution in [-0.4, -0.2) is 33.5 Å². The fraction of sp³-hybridized carbons (Fsp3) is 0.391. The van der Waals surface area contributed by atoms with Gasteiger partial charge < -0.3 is 15.6 Å². The SMILES string of the molecule is O=C(CCCCCn1c(=S)[nH]c2ccccc2c1=O)NCCCNc1ccc(C(F)(F)F)cn1. The number of hydrogen-bond donors (Lipinski definition) is 3. The maximum absolute atomic E-state index is 12.6. The molecule has 1 aromatic carbocycles. The summed E-state index contributed by atoms with van der Waals surface area (Å²) in [6.07, 6.45) is -0.427. The Hall–Kier alpha value is -3.21. The van der Waals surface area contributed by atoms with Gasteiger partial charge in [-0.3, -0.25) is 14.2 Å². The summed E-state index contributed by atoms with van der Waals surface area (Å²) in [5.41, 5.74) is -0.189. The van der Waals surface area contributed by atoms with E-state index in [1.54, 1.807) is 10.6 Å². The number of carbonyl (C=O) groups excluding carboxylic acids is 1. The number of H-pyrrole nitrogens is 1. The molecule has 7 nitrogen and oxygen atoms in total. The summed E-state index contributed by atoms with van der Waals surface area (Å²) in [5.74, 6) is 0.289. The van der Waals surface area contributed by atoms with Crippen molar-refractivity contribution in [3.05, 3.63) is 63.3 Å². The zero-order valence-electron chi connectivity index (χ0n) is 18.5. The maximum Gasteiger partial charge on any atom is 0.417 e. The Morgan fingerprint density at radius 1 is 1.06 bits per heavy atom. The number of nitrogens with zero attached hydrogens (tertiary/aromatic N) is 2. The van der Waals surface area contributed by atoms with E-state index in [4.69, 9.17) is 12.2 Å². The van der Waals surface area contributed by atoms with Crippen LogP contribution in [0.25, 0.3) is 10.9 Å². The van der Waals surface area contributed by atoms with Crippen molar-refractivity contribution in [3.8, 4) is 0 Å². The number of halogens is 3. The van der Waals surface area contributed by atoms with Gasteiger partial charge in [0.2, 0.25) is 5.91 Å². The second kappa shape index (κ2) is 11.8. The first kappa shape index (κ1) is 25.4. The number of benzene rings is 1. The van der Waals surface area contributed by atoms with Crippen molar-refractivity contribution in [1.82, 2.24) is 19.9 Å². The number of amides is 1. The number of hydrogen-bond acceptors (Lipinski definition) is 5. The van der Waals surface area contributed by atoms with E-state index in [0.717, 1.165) is 30.6 Å². The molecular formula is C23H26F3N5O2S. The summed E-state index contributed by atoms with van der Waals surface area (Å²) < 4.78 is 39.5. The number of fused-ring (bicyclic) bond motifs is 1. The first-order valence-corrected chi connectivity index (χ1v) is 11.4. The fourth-order valence-corrected chi connectivity index (χ4v) is 3.71. The Morgan fingerprint density at radius 2 is 1.85 bits per heavy atom. The topological polar surface area (TPSA) is 91.8 Å². The Balaban J connectivity index is 1.29. The molecule has 0 spiro atoms. The molecule has 0 atom stereocenters. The molecule has 34 heavy (non-hydrogen) atoms. The molecule has 1 amide bonds. The van der Waals surface area contributed by atoms with Gasteiger partial charge in [0.15, 0.2) is 4.77 Å². The molecule has 11 heteroatoms. The summed E-state index contributed by atoms with van der Waals surface area (Å²) in [6.45, 7) is 1.41. The summed E-state index contributed by atoms with van der Waals surface area (Å²) in [5, 5.41) is 6.34. The quantitative estimate of drug-likeness (QED) is 0.267. The minimum Gasteiger partial charge on any atom is -0.370 e. The Bertz CT molecular complexity index is 1220. The average Bonchev–Trinajstić information content (AvgIpc) is 2.80. The van der Waals surface area contributed by atoms with Crippen molar-refractivity contribution in [1.29, 1.82) is 0 Å². The summed E-state index contributed by atoms with van der Waals surface area (Å²) in [4.78, 5) is 31.4. The number of rotatable bonds is 11. The molecule has 0 saturated carbocycles. The molecule has 0 aliphatic carbocycles. The van der Waals surface area contributed by atoms with Gasteiger partial charge in [-0.05, 0) is 55.7 Å². The van der Waals surface area contributed by atoms with Crippen LogP contribution >= 0.6 is 12.2 Å². The third-order valence-electron chi connectivity index (χ3n) is 5.25. The van der Waals surface area contributed by atoms with Gasteiger partial charge in [-0.15, -0.1) is 0 Å². The largest absolute Gasteiger partial charge is 0.417 e. The number of aromatic nitrogens is 3. The van der Waals surface area contributed by atoms with Gasteiger partial charge in [0.25, 0.3) is 5.56 Å². The van der Waals surface area contributed by atoms with Gasteiger partial charge in [0.1, 0.15) is 5.82 Å². The van der Waals surface area contributed by atoms with E-state index in [9.17, 15) is 22.8 Å². The molecule has 3 N–H and O–H groups in total. The third-order valence-corrected chi connectivity index (χ3v) is 5.57. The van der Waals surface area contributed by atoms with Gasteiger partial charge in [0.05, 0.1) is 16.5 Å². The molecule has 0 aliphatic heterocycles. The molecule has 0 radical (unpaired) electrons. The van der Waals surface area contributed by atoms with Crippen LogP contribution < -0.4 is 16.2 Å². The second-order valence-corrected chi connectivity index (χ2v) is 8.19. The van der Waals surface area contributed by atoms with E-state index in [1.807, 2.05) is 18.2 Å². The van der Waals surface area contributed by atoms with Crippen molar-refractivity contribution in [2.45, 2.75) is 44.8 Å².